The predicted octanol–water partition coefficient (Wildman–Crippen LogP) is 1.95. The highest BCUT2D eigenvalue weighted by Gasteiger charge is 2.06. The van der Waals surface area contributed by atoms with E-state index in [-0.39, 0.29) is 6.03 Å². The highest BCUT2D eigenvalue weighted by Crippen LogP contribution is 2.09. The molecule has 0 bridgehead atoms. The molecule has 1 aromatic heterocycles. The van der Waals surface area contributed by atoms with Crippen LogP contribution in [0.3, 0.4) is 0 Å². The molecule has 0 aliphatic rings. The summed E-state index contributed by atoms with van der Waals surface area (Å²) in [6, 6.07) is 4.13. The molecular formula is C10H16N2OS. The summed E-state index contributed by atoms with van der Waals surface area (Å²) in [7, 11) is 1.82. The van der Waals surface area contributed by atoms with Crippen LogP contribution in [0.2, 0.25) is 0 Å². The molecule has 0 saturated heterocycles. The first-order chi connectivity index (χ1) is 6.74. The van der Waals surface area contributed by atoms with E-state index in [4.69, 9.17) is 0 Å². The van der Waals surface area contributed by atoms with E-state index in [1.165, 1.54) is 4.88 Å². The van der Waals surface area contributed by atoms with Crippen LogP contribution in [0.25, 0.3) is 0 Å². The van der Waals surface area contributed by atoms with Crippen LogP contribution in [0.15, 0.2) is 17.5 Å². The number of likely N-dealkylation sites (N-methyl/N-ethyl adjacent to an activating group) is 1. The Morgan fingerprint density at radius 1 is 1.64 bits per heavy atom. The van der Waals surface area contributed by atoms with E-state index in [0.717, 1.165) is 13.0 Å². The van der Waals surface area contributed by atoms with E-state index in [9.17, 15) is 4.79 Å². The standard InChI is InChI=1S/C10H16N2OS/c1-3-11-10(13)12(2)7-6-9-5-4-8-14-9/h4-5,8H,3,6-7H2,1-2H3,(H,11,13). The lowest BCUT2D eigenvalue weighted by Gasteiger charge is -2.16. The van der Waals surface area contributed by atoms with Crippen LogP contribution in [0, 0.1) is 0 Å². The summed E-state index contributed by atoms with van der Waals surface area (Å²) >= 11 is 1.73. The predicted molar refractivity (Wildman–Crippen MR) is 59.7 cm³/mol. The minimum absolute atomic E-state index is 0.00376. The Morgan fingerprint density at radius 2 is 2.43 bits per heavy atom. The van der Waals surface area contributed by atoms with Crippen molar-refractivity contribution in [3.05, 3.63) is 22.4 Å². The van der Waals surface area contributed by atoms with Crippen molar-refractivity contribution in [1.29, 1.82) is 0 Å². The highest BCUT2D eigenvalue weighted by molar-refractivity contribution is 7.09. The van der Waals surface area contributed by atoms with Crippen molar-refractivity contribution in [3.63, 3.8) is 0 Å². The zero-order chi connectivity index (χ0) is 10.4. The van der Waals surface area contributed by atoms with Crippen LogP contribution in [0.1, 0.15) is 11.8 Å². The van der Waals surface area contributed by atoms with E-state index in [0.29, 0.717) is 6.54 Å². The quantitative estimate of drug-likeness (QED) is 0.813. The maximum Gasteiger partial charge on any atom is 0.317 e. The minimum atomic E-state index is 0.00376. The molecule has 14 heavy (non-hydrogen) atoms. The maximum atomic E-state index is 11.3. The van der Waals surface area contributed by atoms with Gasteiger partial charge in [-0.25, -0.2) is 4.79 Å². The normalized spacial score (nSPS) is 9.86. The number of rotatable bonds is 4. The molecule has 0 aliphatic carbocycles. The summed E-state index contributed by atoms with van der Waals surface area (Å²) in [4.78, 5) is 14.4. The Labute approximate surface area is 88.7 Å². The van der Waals surface area contributed by atoms with Gasteiger partial charge in [-0.15, -0.1) is 11.3 Å². The van der Waals surface area contributed by atoms with Gasteiger partial charge >= 0.3 is 6.03 Å². The van der Waals surface area contributed by atoms with Crippen LogP contribution >= 0.6 is 11.3 Å². The third-order valence-corrected chi connectivity index (χ3v) is 2.88. The molecule has 78 valence electrons. The van der Waals surface area contributed by atoms with Crippen molar-refractivity contribution in [2.45, 2.75) is 13.3 Å². The number of hydrogen-bond donors (Lipinski definition) is 1. The van der Waals surface area contributed by atoms with E-state index >= 15 is 0 Å². The van der Waals surface area contributed by atoms with Gasteiger partial charge in [0.05, 0.1) is 0 Å². The van der Waals surface area contributed by atoms with E-state index < -0.39 is 0 Å². The lowest BCUT2D eigenvalue weighted by Crippen LogP contribution is -2.38. The summed E-state index contributed by atoms with van der Waals surface area (Å²) < 4.78 is 0. The molecule has 0 spiro atoms. The first-order valence-corrected chi connectivity index (χ1v) is 5.63. The summed E-state index contributed by atoms with van der Waals surface area (Å²) in [5, 5.41) is 4.82. The molecular weight excluding hydrogens is 196 g/mol. The second-order valence-corrected chi connectivity index (χ2v) is 4.12. The third kappa shape index (κ3) is 3.38. The summed E-state index contributed by atoms with van der Waals surface area (Å²) in [5.74, 6) is 0. The number of amides is 2. The SMILES string of the molecule is CCNC(=O)N(C)CCc1cccs1. The summed E-state index contributed by atoms with van der Waals surface area (Å²) in [5.41, 5.74) is 0. The number of thiophene rings is 1. The van der Waals surface area contributed by atoms with Crippen LogP contribution in [-0.2, 0) is 6.42 Å². The average molecular weight is 212 g/mol. The van der Waals surface area contributed by atoms with Gasteiger partial charge in [-0.3, -0.25) is 0 Å². The van der Waals surface area contributed by atoms with Crippen LogP contribution < -0.4 is 5.32 Å². The Kier molecular flexibility index (Phi) is 4.46. The number of hydrogen-bond acceptors (Lipinski definition) is 2. The van der Waals surface area contributed by atoms with Gasteiger partial charge in [0.15, 0.2) is 0 Å². The molecule has 0 radical (unpaired) electrons. The van der Waals surface area contributed by atoms with Crippen LogP contribution in [-0.4, -0.2) is 31.1 Å². The summed E-state index contributed by atoms with van der Waals surface area (Å²) in [6.07, 6.45) is 0.936. The lowest BCUT2D eigenvalue weighted by atomic mass is 10.3. The zero-order valence-electron chi connectivity index (χ0n) is 8.62. The number of carbonyl (C=O) groups is 1. The van der Waals surface area contributed by atoms with Crippen LogP contribution in [0.5, 0.6) is 0 Å². The van der Waals surface area contributed by atoms with Gasteiger partial charge in [0, 0.05) is 25.0 Å². The van der Waals surface area contributed by atoms with E-state index in [2.05, 4.69) is 16.8 Å². The summed E-state index contributed by atoms with van der Waals surface area (Å²) in [6.45, 7) is 3.37. The minimum Gasteiger partial charge on any atom is -0.338 e. The van der Waals surface area contributed by atoms with Gasteiger partial charge in [-0.2, -0.15) is 0 Å². The number of carbonyl (C=O) groups excluding carboxylic acids is 1. The smallest absolute Gasteiger partial charge is 0.317 e. The molecule has 1 aromatic rings. The molecule has 0 aliphatic heterocycles. The van der Waals surface area contributed by atoms with Gasteiger partial charge < -0.3 is 10.2 Å². The maximum absolute atomic E-state index is 11.3. The molecule has 1 heterocycles. The second-order valence-electron chi connectivity index (χ2n) is 3.09. The monoisotopic (exact) mass is 212 g/mol. The first kappa shape index (κ1) is 11.0. The van der Waals surface area contributed by atoms with E-state index in [1.54, 1.807) is 16.2 Å². The number of urea groups is 1. The van der Waals surface area contributed by atoms with Gasteiger partial charge in [0.25, 0.3) is 0 Å². The molecule has 0 atom stereocenters. The largest absolute Gasteiger partial charge is 0.338 e. The molecule has 1 rings (SSSR count). The van der Waals surface area contributed by atoms with Crippen molar-refractivity contribution in [2.75, 3.05) is 20.1 Å². The van der Waals surface area contributed by atoms with Crippen molar-refractivity contribution in [1.82, 2.24) is 10.2 Å². The molecule has 4 heteroatoms. The molecule has 0 aromatic carbocycles. The second kappa shape index (κ2) is 5.65. The molecule has 0 unspecified atom stereocenters. The fourth-order valence-corrected chi connectivity index (χ4v) is 1.82. The molecule has 2 amide bonds. The Morgan fingerprint density at radius 3 is 3.00 bits per heavy atom. The lowest BCUT2D eigenvalue weighted by molar-refractivity contribution is 0.210. The fourth-order valence-electron chi connectivity index (χ4n) is 1.12. The van der Waals surface area contributed by atoms with Gasteiger partial charge in [0.2, 0.25) is 0 Å². The van der Waals surface area contributed by atoms with Gasteiger partial charge in [0.1, 0.15) is 0 Å². The van der Waals surface area contributed by atoms with Crippen LogP contribution in [0.4, 0.5) is 4.79 Å². The Bertz CT molecular complexity index is 272. The topological polar surface area (TPSA) is 32.3 Å². The van der Waals surface area contributed by atoms with E-state index in [1.807, 2.05) is 20.0 Å². The first-order valence-electron chi connectivity index (χ1n) is 4.75. The van der Waals surface area contributed by atoms with Crippen molar-refractivity contribution < 1.29 is 4.79 Å². The Hall–Kier alpha value is -1.03. The highest BCUT2D eigenvalue weighted by atomic mass is 32.1. The number of nitrogens with one attached hydrogen (secondary N) is 1. The van der Waals surface area contributed by atoms with Gasteiger partial charge in [-0.1, -0.05) is 6.07 Å². The number of nitrogens with zero attached hydrogens (tertiary/aromatic N) is 1. The Balaban J connectivity index is 2.27. The average Bonchev–Trinajstić information content (AvgIpc) is 2.67. The van der Waals surface area contributed by atoms with Crippen molar-refractivity contribution in [2.24, 2.45) is 0 Å². The molecule has 1 N–H and O–H groups in total. The molecule has 0 fully saturated rings. The van der Waals surface area contributed by atoms with Gasteiger partial charge in [-0.05, 0) is 24.8 Å². The molecule has 0 saturated carbocycles. The fraction of sp³-hybridized carbons (Fsp3) is 0.500. The van der Waals surface area contributed by atoms with Crippen molar-refractivity contribution in [3.8, 4) is 0 Å². The molecule has 3 nitrogen and oxygen atoms in total. The third-order valence-electron chi connectivity index (χ3n) is 1.95. The van der Waals surface area contributed by atoms with Crippen molar-refractivity contribution >= 4 is 17.4 Å². The zero-order valence-corrected chi connectivity index (χ0v) is 9.43.